The van der Waals surface area contributed by atoms with Gasteiger partial charge in [0.1, 0.15) is 5.82 Å². The van der Waals surface area contributed by atoms with Crippen LogP contribution in [0.25, 0.3) is 0 Å². The second-order valence-electron chi connectivity index (χ2n) is 4.74. The Morgan fingerprint density at radius 1 is 1.43 bits per heavy atom. The Hall–Kier alpha value is -1.22. The van der Waals surface area contributed by atoms with E-state index in [-0.39, 0.29) is 12.5 Å². The Morgan fingerprint density at radius 3 is 2.48 bits per heavy atom. The van der Waals surface area contributed by atoms with Crippen LogP contribution < -0.4 is 4.72 Å². The standard InChI is InChI=1S/C12H15ClFNO5S/c1-6(2)10(16)5-15-21(19,20)7-3-8(12(17)18)11(13)9(14)4-7/h3-4,6,10,15-16H,5H2,1-2H3,(H,17,18). The lowest BCUT2D eigenvalue weighted by Gasteiger charge is -2.15. The lowest BCUT2D eigenvalue weighted by molar-refractivity contribution is 0.0696. The summed E-state index contributed by atoms with van der Waals surface area (Å²) in [6.45, 7) is 3.12. The van der Waals surface area contributed by atoms with Crippen molar-refractivity contribution in [2.75, 3.05) is 6.54 Å². The molecular weight excluding hydrogens is 325 g/mol. The molecule has 1 unspecified atom stereocenters. The summed E-state index contributed by atoms with van der Waals surface area (Å²) in [5.74, 6) is -2.87. The highest BCUT2D eigenvalue weighted by Gasteiger charge is 2.23. The molecule has 0 radical (unpaired) electrons. The molecule has 0 amide bonds. The van der Waals surface area contributed by atoms with E-state index in [1.54, 1.807) is 13.8 Å². The molecule has 0 saturated heterocycles. The van der Waals surface area contributed by atoms with E-state index in [1.807, 2.05) is 0 Å². The van der Waals surface area contributed by atoms with E-state index in [4.69, 9.17) is 16.7 Å². The summed E-state index contributed by atoms with van der Waals surface area (Å²) in [6.07, 6.45) is -0.920. The summed E-state index contributed by atoms with van der Waals surface area (Å²) in [5, 5.41) is 17.8. The topological polar surface area (TPSA) is 104 Å². The van der Waals surface area contributed by atoms with E-state index in [0.717, 1.165) is 6.07 Å². The lowest BCUT2D eigenvalue weighted by Crippen LogP contribution is -2.34. The molecule has 1 atom stereocenters. The first-order valence-electron chi connectivity index (χ1n) is 5.96. The molecule has 0 aromatic heterocycles. The minimum absolute atomic E-state index is 0.177. The smallest absolute Gasteiger partial charge is 0.337 e. The second-order valence-corrected chi connectivity index (χ2v) is 6.88. The van der Waals surface area contributed by atoms with Crippen LogP contribution in [0.3, 0.4) is 0 Å². The quantitative estimate of drug-likeness (QED) is 0.728. The van der Waals surface area contributed by atoms with E-state index >= 15 is 0 Å². The SMILES string of the molecule is CC(C)C(O)CNS(=O)(=O)c1cc(F)c(Cl)c(C(=O)O)c1. The molecule has 0 heterocycles. The van der Waals surface area contributed by atoms with Crippen molar-refractivity contribution in [3.63, 3.8) is 0 Å². The van der Waals surface area contributed by atoms with Gasteiger partial charge in [0.25, 0.3) is 0 Å². The molecule has 0 bridgehead atoms. The monoisotopic (exact) mass is 339 g/mol. The maximum absolute atomic E-state index is 13.5. The molecule has 9 heteroatoms. The molecule has 0 aliphatic rings. The fourth-order valence-corrected chi connectivity index (χ4v) is 2.67. The Balaban J connectivity index is 3.12. The summed E-state index contributed by atoms with van der Waals surface area (Å²) in [4.78, 5) is 10.3. The van der Waals surface area contributed by atoms with E-state index in [9.17, 15) is 22.7 Å². The molecule has 1 aromatic carbocycles. The summed E-state index contributed by atoms with van der Waals surface area (Å²) >= 11 is 5.47. The van der Waals surface area contributed by atoms with Gasteiger partial charge in [-0.15, -0.1) is 0 Å². The third kappa shape index (κ3) is 4.37. The van der Waals surface area contributed by atoms with Crippen molar-refractivity contribution in [3.05, 3.63) is 28.5 Å². The molecule has 0 aliphatic heterocycles. The van der Waals surface area contributed by atoms with Crippen molar-refractivity contribution in [3.8, 4) is 0 Å². The Morgan fingerprint density at radius 2 is 2.00 bits per heavy atom. The van der Waals surface area contributed by atoms with Crippen LogP contribution in [0.4, 0.5) is 4.39 Å². The van der Waals surface area contributed by atoms with Crippen LogP contribution in [0.1, 0.15) is 24.2 Å². The Bertz CT molecular complexity index is 647. The number of aromatic carboxylic acids is 1. The number of carboxylic acid groups (broad SMARTS) is 1. The number of rotatable bonds is 6. The molecule has 0 fully saturated rings. The molecule has 21 heavy (non-hydrogen) atoms. The summed E-state index contributed by atoms with van der Waals surface area (Å²) < 4.78 is 39.6. The summed E-state index contributed by atoms with van der Waals surface area (Å²) in [7, 11) is -4.16. The van der Waals surface area contributed by atoms with Crippen molar-refractivity contribution in [2.45, 2.75) is 24.8 Å². The van der Waals surface area contributed by atoms with Gasteiger partial charge in [-0.3, -0.25) is 0 Å². The van der Waals surface area contributed by atoms with E-state index in [2.05, 4.69) is 4.72 Å². The van der Waals surface area contributed by atoms with Gasteiger partial charge in [-0.1, -0.05) is 25.4 Å². The van der Waals surface area contributed by atoms with Crippen LogP contribution in [0.2, 0.25) is 5.02 Å². The average Bonchev–Trinajstić information content (AvgIpc) is 2.38. The number of sulfonamides is 1. The highest BCUT2D eigenvalue weighted by Crippen LogP contribution is 2.24. The maximum atomic E-state index is 13.5. The van der Waals surface area contributed by atoms with Gasteiger partial charge < -0.3 is 10.2 Å². The second kappa shape index (κ2) is 6.69. The van der Waals surface area contributed by atoms with Crippen LogP contribution in [-0.4, -0.2) is 37.2 Å². The lowest BCUT2D eigenvalue weighted by atomic mass is 10.1. The maximum Gasteiger partial charge on any atom is 0.337 e. The van der Waals surface area contributed by atoms with Crippen LogP contribution in [0, 0.1) is 11.7 Å². The van der Waals surface area contributed by atoms with Crippen molar-refractivity contribution in [1.82, 2.24) is 4.72 Å². The van der Waals surface area contributed by atoms with Gasteiger partial charge in [0.15, 0.2) is 0 Å². The first-order valence-corrected chi connectivity index (χ1v) is 7.82. The summed E-state index contributed by atoms with van der Waals surface area (Å²) in [5.41, 5.74) is -0.651. The largest absolute Gasteiger partial charge is 0.478 e. The first-order chi connectivity index (χ1) is 9.56. The van der Waals surface area contributed by atoms with Crippen LogP contribution in [0.5, 0.6) is 0 Å². The number of hydrogen-bond acceptors (Lipinski definition) is 4. The predicted octanol–water partition coefficient (Wildman–Crippen LogP) is 1.47. The van der Waals surface area contributed by atoms with Crippen molar-refractivity contribution >= 4 is 27.6 Å². The molecule has 0 spiro atoms. The minimum Gasteiger partial charge on any atom is -0.478 e. The van der Waals surface area contributed by atoms with Gasteiger partial charge in [0.05, 0.1) is 21.6 Å². The predicted molar refractivity (Wildman–Crippen MR) is 74.4 cm³/mol. The molecule has 0 aliphatic carbocycles. The van der Waals surface area contributed by atoms with Crippen molar-refractivity contribution < 1.29 is 27.8 Å². The molecule has 1 rings (SSSR count). The normalized spacial score (nSPS) is 13.4. The molecule has 6 nitrogen and oxygen atoms in total. The van der Waals surface area contributed by atoms with E-state index in [1.165, 1.54) is 0 Å². The van der Waals surface area contributed by atoms with Gasteiger partial charge in [0, 0.05) is 6.54 Å². The number of halogens is 2. The highest BCUT2D eigenvalue weighted by molar-refractivity contribution is 7.89. The fraction of sp³-hybridized carbons (Fsp3) is 0.417. The number of aliphatic hydroxyl groups is 1. The third-order valence-corrected chi connectivity index (χ3v) is 4.58. The average molecular weight is 340 g/mol. The highest BCUT2D eigenvalue weighted by atomic mass is 35.5. The minimum atomic E-state index is -4.16. The van der Waals surface area contributed by atoms with Crippen LogP contribution >= 0.6 is 11.6 Å². The van der Waals surface area contributed by atoms with E-state index in [0.29, 0.717) is 6.07 Å². The number of hydrogen-bond donors (Lipinski definition) is 3. The number of aliphatic hydroxyl groups excluding tert-OH is 1. The molecular formula is C12H15ClFNO5S. The fourth-order valence-electron chi connectivity index (χ4n) is 1.39. The van der Waals surface area contributed by atoms with Gasteiger partial charge in [0.2, 0.25) is 10.0 Å². The van der Waals surface area contributed by atoms with Gasteiger partial charge >= 0.3 is 5.97 Å². The van der Waals surface area contributed by atoms with Gasteiger partial charge in [-0.05, 0) is 18.1 Å². The van der Waals surface area contributed by atoms with E-state index < -0.39 is 43.4 Å². The molecule has 1 aromatic rings. The number of carboxylic acids is 1. The molecule has 3 N–H and O–H groups in total. The Labute approximate surface area is 126 Å². The zero-order valence-electron chi connectivity index (χ0n) is 11.3. The van der Waals surface area contributed by atoms with Gasteiger partial charge in [-0.25, -0.2) is 22.3 Å². The third-order valence-electron chi connectivity index (χ3n) is 2.79. The zero-order chi connectivity index (χ0) is 16.4. The number of carbonyl (C=O) groups is 1. The summed E-state index contributed by atoms with van der Waals surface area (Å²) in [6, 6.07) is 1.39. The van der Waals surface area contributed by atoms with Crippen molar-refractivity contribution in [1.29, 1.82) is 0 Å². The van der Waals surface area contributed by atoms with Crippen molar-refractivity contribution in [2.24, 2.45) is 5.92 Å². The van der Waals surface area contributed by atoms with Crippen LogP contribution in [0.15, 0.2) is 17.0 Å². The Kier molecular flexibility index (Phi) is 5.68. The first kappa shape index (κ1) is 17.8. The molecule has 118 valence electrons. The van der Waals surface area contributed by atoms with Gasteiger partial charge in [-0.2, -0.15) is 0 Å². The number of benzene rings is 1. The molecule has 0 saturated carbocycles. The number of nitrogens with one attached hydrogen (secondary N) is 1. The van der Waals surface area contributed by atoms with Crippen LogP contribution in [-0.2, 0) is 10.0 Å². The zero-order valence-corrected chi connectivity index (χ0v) is 12.9.